The molecule has 4 heteroatoms. The van der Waals surface area contributed by atoms with Gasteiger partial charge in [-0.1, -0.05) is 53.7 Å². The van der Waals surface area contributed by atoms with Gasteiger partial charge in [-0.15, -0.1) is 0 Å². The topological polar surface area (TPSA) is 47.9 Å². The Bertz CT molecular complexity index is 973. The molecule has 0 saturated carbocycles. The van der Waals surface area contributed by atoms with Crippen LogP contribution in [0, 0.1) is 0 Å². The summed E-state index contributed by atoms with van der Waals surface area (Å²) in [6, 6.07) is 24.3. The van der Waals surface area contributed by atoms with Gasteiger partial charge < -0.3 is 9.57 Å². The van der Waals surface area contributed by atoms with Crippen LogP contribution in [-0.4, -0.2) is 18.6 Å². The van der Waals surface area contributed by atoms with Crippen LogP contribution in [0.2, 0.25) is 0 Å². The summed E-state index contributed by atoms with van der Waals surface area (Å²) in [5.41, 5.74) is 3.33. The maximum absolute atomic E-state index is 12.2. The molecule has 0 aliphatic rings. The first-order chi connectivity index (χ1) is 13.7. The van der Waals surface area contributed by atoms with Crippen LogP contribution in [0.5, 0.6) is 11.5 Å². The Labute approximate surface area is 164 Å². The highest BCUT2D eigenvalue weighted by Gasteiger charge is 2.02. The van der Waals surface area contributed by atoms with Crippen LogP contribution in [0.15, 0.2) is 90.1 Å². The molecule has 4 nitrogen and oxygen atoms in total. The summed E-state index contributed by atoms with van der Waals surface area (Å²) in [5, 5.41) is 4.16. The number of benzene rings is 3. The number of nitrogens with zero attached hydrogens (tertiary/aromatic N) is 1. The highest BCUT2D eigenvalue weighted by Crippen LogP contribution is 2.16. The van der Waals surface area contributed by atoms with E-state index in [4.69, 9.17) is 9.57 Å². The van der Waals surface area contributed by atoms with Crippen molar-refractivity contribution in [2.45, 2.75) is 6.92 Å². The van der Waals surface area contributed by atoms with Crippen molar-refractivity contribution in [1.82, 2.24) is 0 Å². The maximum Gasteiger partial charge on any atom is 0.185 e. The average molecular weight is 371 g/mol. The molecular weight excluding hydrogens is 350 g/mol. The molecular formula is C24H21NO3. The van der Waals surface area contributed by atoms with E-state index in [1.165, 1.54) is 0 Å². The second kappa shape index (κ2) is 9.33. The number of hydrogen-bond acceptors (Lipinski definition) is 4. The molecule has 0 saturated heterocycles. The monoisotopic (exact) mass is 371 g/mol. The average Bonchev–Trinajstić information content (AvgIpc) is 2.77. The van der Waals surface area contributed by atoms with Crippen molar-refractivity contribution in [3.63, 3.8) is 0 Å². The van der Waals surface area contributed by atoms with Crippen LogP contribution in [-0.2, 0) is 0 Å². The zero-order valence-corrected chi connectivity index (χ0v) is 15.8. The summed E-state index contributed by atoms with van der Waals surface area (Å²) in [7, 11) is 1.60. The molecule has 0 radical (unpaired) electrons. The minimum atomic E-state index is -0.0638. The lowest BCUT2D eigenvalue weighted by atomic mass is 10.1. The minimum absolute atomic E-state index is 0.0638. The summed E-state index contributed by atoms with van der Waals surface area (Å²) in [6.07, 6.45) is 3.32. The zero-order chi connectivity index (χ0) is 19.8. The molecule has 0 aromatic heterocycles. The van der Waals surface area contributed by atoms with E-state index in [2.05, 4.69) is 5.16 Å². The van der Waals surface area contributed by atoms with Crippen molar-refractivity contribution in [3.8, 4) is 11.5 Å². The van der Waals surface area contributed by atoms with Gasteiger partial charge in [0.15, 0.2) is 11.5 Å². The van der Waals surface area contributed by atoms with Gasteiger partial charge in [-0.2, -0.15) is 0 Å². The Kier molecular flexibility index (Phi) is 6.37. The van der Waals surface area contributed by atoms with Gasteiger partial charge in [-0.3, -0.25) is 4.79 Å². The number of carbonyl (C=O) groups is 1. The van der Waals surface area contributed by atoms with Gasteiger partial charge in [-0.25, -0.2) is 0 Å². The lowest BCUT2D eigenvalue weighted by Crippen LogP contribution is -1.97. The maximum atomic E-state index is 12.2. The first kappa shape index (κ1) is 19.1. The second-order valence-corrected chi connectivity index (χ2v) is 6.13. The summed E-state index contributed by atoms with van der Waals surface area (Å²) < 4.78 is 5.10. The van der Waals surface area contributed by atoms with Crippen molar-refractivity contribution in [2.75, 3.05) is 7.11 Å². The minimum Gasteiger partial charge on any atom is -0.497 e. The predicted molar refractivity (Wildman–Crippen MR) is 112 cm³/mol. The molecule has 0 spiro atoms. The lowest BCUT2D eigenvalue weighted by Gasteiger charge is -2.02. The fraction of sp³-hybridized carbons (Fsp3) is 0.0833. The standard InChI is InChI=1S/C24H21NO3/c1-18(20-6-4-3-5-7-20)25-28-23-13-8-19(9-14-23)10-17-24(26)21-11-15-22(27-2)16-12-21/h3-17H,1-2H3/b17-10+,25-18+. The number of rotatable bonds is 7. The van der Waals surface area contributed by atoms with E-state index in [9.17, 15) is 4.79 Å². The predicted octanol–water partition coefficient (Wildman–Crippen LogP) is 5.39. The molecule has 0 N–H and O–H groups in total. The van der Waals surface area contributed by atoms with Gasteiger partial charge in [0, 0.05) is 5.56 Å². The van der Waals surface area contributed by atoms with Crippen LogP contribution in [0.4, 0.5) is 0 Å². The van der Waals surface area contributed by atoms with Gasteiger partial charge in [0.25, 0.3) is 0 Å². The van der Waals surface area contributed by atoms with E-state index in [0.29, 0.717) is 11.3 Å². The van der Waals surface area contributed by atoms with E-state index in [1.54, 1.807) is 43.5 Å². The molecule has 28 heavy (non-hydrogen) atoms. The van der Waals surface area contributed by atoms with Gasteiger partial charge in [0.2, 0.25) is 0 Å². The normalized spacial score (nSPS) is 11.4. The van der Waals surface area contributed by atoms with Crippen LogP contribution >= 0.6 is 0 Å². The molecule has 0 bridgehead atoms. The van der Waals surface area contributed by atoms with Crippen LogP contribution < -0.4 is 9.57 Å². The molecule has 0 heterocycles. The molecule has 0 amide bonds. The number of methoxy groups -OCH3 is 1. The van der Waals surface area contributed by atoms with E-state index in [1.807, 2.05) is 61.5 Å². The van der Waals surface area contributed by atoms with Gasteiger partial charge in [-0.05, 0) is 60.5 Å². The SMILES string of the molecule is COc1ccc(C(=O)/C=C/c2ccc(O/N=C(\C)c3ccccc3)cc2)cc1. The number of hydrogen-bond donors (Lipinski definition) is 0. The lowest BCUT2D eigenvalue weighted by molar-refractivity contribution is 0.104. The van der Waals surface area contributed by atoms with Gasteiger partial charge in [0.1, 0.15) is 5.75 Å². The third kappa shape index (κ3) is 5.17. The molecule has 3 rings (SSSR count). The second-order valence-electron chi connectivity index (χ2n) is 6.13. The molecule has 0 aliphatic carbocycles. The first-order valence-corrected chi connectivity index (χ1v) is 8.89. The van der Waals surface area contributed by atoms with Crippen LogP contribution in [0.1, 0.15) is 28.4 Å². The van der Waals surface area contributed by atoms with E-state index in [0.717, 1.165) is 22.6 Å². The Morgan fingerprint density at radius 1 is 0.821 bits per heavy atom. The molecule has 140 valence electrons. The smallest absolute Gasteiger partial charge is 0.185 e. The van der Waals surface area contributed by atoms with Gasteiger partial charge in [0.05, 0.1) is 12.8 Å². The zero-order valence-electron chi connectivity index (χ0n) is 15.8. The number of allylic oxidation sites excluding steroid dienone is 1. The van der Waals surface area contributed by atoms with E-state index in [-0.39, 0.29) is 5.78 Å². The largest absolute Gasteiger partial charge is 0.497 e. The molecule has 0 atom stereocenters. The summed E-state index contributed by atoms with van der Waals surface area (Å²) >= 11 is 0. The van der Waals surface area contributed by atoms with E-state index >= 15 is 0 Å². The molecule has 3 aromatic carbocycles. The Morgan fingerprint density at radius 2 is 1.46 bits per heavy atom. The van der Waals surface area contributed by atoms with Crippen LogP contribution in [0.3, 0.4) is 0 Å². The Morgan fingerprint density at radius 3 is 2.11 bits per heavy atom. The fourth-order valence-corrected chi connectivity index (χ4v) is 2.52. The summed E-state index contributed by atoms with van der Waals surface area (Å²) in [6.45, 7) is 1.90. The number of ether oxygens (including phenoxy) is 1. The fourth-order valence-electron chi connectivity index (χ4n) is 2.52. The molecule has 0 unspecified atom stereocenters. The summed E-state index contributed by atoms with van der Waals surface area (Å²) in [4.78, 5) is 17.7. The van der Waals surface area contributed by atoms with Crippen molar-refractivity contribution in [1.29, 1.82) is 0 Å². The van der Waals surface area contributed by atoms with Crippen molar-refractivity contribution in [3.05, 3.63) is 102 Å². The first-order valence-electron chi connectivity index (χ1n) is 8.89. The number of oxime groups is 1. The summed E-state index contributed by atoms with van der Waals surface area (Å²) in [5.74, 6) is 1.29. The molecule has 0 fully saturated rings. The number of carbonyl (C=O) groups excluding carboxylic acids is 1. The highest BCUT2D eigenvalue weighted by molar-refractivity contribution is 6.06. The third-order valence-electron chi connectivity index (χ3n) is 4.16. The van der Waals surface area contributed by atoms with Crippen LogP contribution in [0.25, 0.3) is 6.08 Å². The van der Waals surface area contributed by atoms with Crippen molar-refractivity contribution in [2.24, 2.45) is 5.16 Å². The number of ketones is 1. The molecule has 0 aliphatic heterocycles. The molecule has 3 aromatic rings. The van der Waals surface area contributed by atoms with Gasteiger partial charge >= 0.3 is 0 Å². The third-order valence-corrected chi connectivity index (χ3v) is 4.16. The Hall–Kier alpha value is -3.66. The van der Waals surface area contributed by atoms with Crippen molar-refractivity contribution < 1.29 is 14.4 Å². The van der Waals surface area contributed by atoms with E-state index < -0.39 is 0 Å². The quantitative estimate of drug-likeness (QED) is 0.242. The van der Waals surface area contributed by atoms with Crippen molar-refractivity contribution >= 4 is 17.6 Å². The highest BCUT2D eigenvalue weighted by atomic mass is 16.6. The Balaban J connectivity index is 1.60.